The minimum absolute atomic E-state index is 0.0498. The van der Waals surface area contributed by atoms with E-state index >= 15 is 0 Å². The highest BCUT2D eigenvalue weighted by Gasteiger charge is 2.49. The van der Waals surface area contributed by atoms with E-state index in [0.717, 1.165) is 12.0 Å². The first kappa shape index (κ1) is 24.4. The van der Waals surface area contributed by atoms with E-state index in [1.165, 1.54) is 18.2 Å². The van der Waals surface area contributed by atoms with Gasteiger partial charge in [-0.2, -0.15) is 17.5 Å². The van der Waals surface area contributed by atoms with Gasteiger partial charge in [0.2, 0.25) is 5.95 Å². The summed E-state index contributed by atoms with van der Waals surface area (Å²) in [5, 5.41) is 0. The minimum atomic E-state index is -5.37. The molecule has 184 valence electrons. The Hall–Kier alpha value is -2.73. The van der Waals surface area contributed by atoms with Crippen molar-refractivity contribution in [1.29, 1.82) is 0 Å². The van der Waals surface area contributed by atoms with Gasteiger partial charge in [0.1, 0.15) is 0 Å². The van der Waals surface area contributed by atoms with Crippen LogP contribution in [0, 0.1) is 11.7 Å². The van der Waals surface area contributed by atoms with Gasteiger partial charge in [-0.3, -0.25) is 0 Å². The lowest BCUT2D eigenvalue weighted by atomic mass is 10.00. The number of rotatable bonds is 7. The Morgan fingerprint density at radius 1 is 1.18 bits per heavy atom. The van der Waals surface area contributed by atoms with Gasteiger partial charge < -0.3 is 9.64 Å². The molecule has 0 N–H and O–H groups in total. The van der Waals surface area contributed by atoms with Crippen molar-refractivity contribution >= 4 is 21.5 Å². The van der Waals surface area contributed by atoms with Crippen LogP contribution in [-0.4, -0.2) is 61.0 Å². The van der Waals surface area contributed by atoms with E-state index < -0.39 is 27.9 Å². The monoisotopic (exact) mass is 500 g/mol. The summed E-state index contributed by atoms with van der Waals surface area (Å²) in [7, 11) is -5.37. The van der Waals surface area contributed by atoms with Gasteiger partial charge in [-0.1, -0.05) is 19.1 Å². The summed E-state index contributed by atoms with van der Waals surface area (Å²) in [6.45, 7) is 3.03. The quantitative estimate of drug-likeness (QED) is 0.541. The Kier molecular flexibility index (Phi) is 6.81. The maximum absolute atomic E-state index is 14.6. The molecule has 2 aliphatic heterocycles. The third-order valence-electron chi connectivity index (χ3n) is 5.92. The number of sulfonamides is 1. The van der Waals surface area contributed by atoms with Crippen LogP contribution < -0.4 is 9.64 Å². The molecule has 0 radical (unpaired) electrons. The van der Waals surface area contributed by atoms with Gasteiger partial charge in [-0.15, -0.1) is 0 Å². The van der Waals surface area contributed by atoms with E-state index in [9.17, 15) is 26.0 Å². The number of ether oxygens (including phenoxy) is 1. The highest BCUT2D eigenvalue weighted by atomic mass is 32.2. The van der Waals surface area contributed by atoms with Gasteiger partial charge in [0.15, 0.2) is 11.6 Å². The normalized spacial score (nSPS) is 17.9. The zero-order valence-electron chi connectivity index (χ0n) is 18.4. The summed E-state index contributed by atoms with van der Waals surface area (Å²) in [5.74, 6) is 0.365. The number of halogens is 4. The molecule has 0 bridgehead atoms. The Bertz CT molecular complexity index is 1160. The van der Waals surface area contributed by atoms with E-state index in [1.807, 2.05) is 11.8 Å². The maximum atomic E-state index is 14.6. The number of benzene rings is 1. The summed E-state index contributed by atoms with van der Waals surface area (Å²) < 4.78 is 81.7. The van der Waals surface area contributed by atoms with E-state index in [0.29, 0.717) is 41.1 Å². The third kappa shape index (κ3) is 5.02. The van der Waals surface area contributed by atoms with Crippen molar-refractivity contribution in [1.82, 2.24) is 14.3 Å². The summed E-state index contributed by atoms with van der Waals surface area (Å²) >= 11 is 0. The number of aromatic nitrogens is 2. The number of alkyl halides is 3. The van der Waals surface area contributed by atoms with Crippen molar-refractivity contribution in [2.45, 2.75) is 25.3 Å². The fourth-order valence-corrected chi connectivity index (χ4v) is 4.73. The van der Waals surface area contributed by atoms with Crippen LogP contribution in [0.5, 0.6) is 5.75 Å². The van der Waals surface area contributed by atoms with Crippen molar-refractivity contribution < 1.29 is 30.7 Å². The molecule has 7 nitrogen and oxygen atoms in total. The second-order valence-corrected chi connectivity index (χ2v) is 10.2. The van der Waals surface area contributed by atoms with Gasteiger partial charge in [0.05, 0.1) is 6.61 Å². The van der Waals surface area contributed by atoms with E-state index in [-0.39, 0.29) is 24.6 Å². The van der Waals surface area contributed by atoms with Gasteiger partial charge in [0.25, 0.3) is 0 Å². The van der Waals surface area contributed by atoms with Crippen molar-refractivity contribution in [2.24, 2.45) is 5.92 Å². The molecule has 0 saturated carbocycles. The predicted octanol–water partition coefficient (Wildman–Crippen LogP) is 3.63. The Morgan fingerprint density at radius 3 is 2.44 bits per heavy atom. The average Bonchev–Trinajstić information content (AvgIpc) is 2.78. The summed E-state index contributed by atoms with van der Waals surface area (Å²) in [4.78, 5) is 10.7. The van der Waals surface area contributed by atoms with Gasteiger partial charge >= 0.3 is 15.5 Å². The van der Waals surface area contributed by atoms with Crippen molar-refractivity contribution in [2.75, 3.05) is 37.7 Å². The van der Waals surface area contributed by atoms with Gasteiger partial charge in [-0.25, -0.2) is 22.8 Å². The van der Waals surface area contributed by atoms with Crippen LogP contribution in [-0.2, 0) is 16.4 Å². The Labute approximate surface area is 195 Å². The molecule has 1 fully saturated rings. The Morgan fingerprint density at radius 2 is 1.88 bits per heavy atom. The molecule has 1 aromatic carbocycles. The molecule has 0 aliphatic carbocycles. The molecule has 34 heavy (non-hydrogen) atoms. The molecule has 0 amide bonds. The lowest BCUT2D eigenvalue weighted by molar-refractivity contribution is -0.0486. The molecule has 3 heterocycles. The summed E-state index contributed by atoms with van der Waals surface area (Å²) in [6.07, 6.45) is 5.90. The Balaban J connectivity index is 1.30. The zero-order valence-corrected chi connectivity index (χ0v) is 19.2. The molecule has 0 atom stereocenters. The molecule has 1 aromatic heterocycles. The average molecular weight is 501 g/mol. The van der Waals surface area contributed by atoms with E-state index in [2.05, 4.69) is 9.97 Å². The van der Waals surface area contributed by atoms with Crippen LogP contribution >= 0.6 is 0 Å². The second kappa shape index (κ2) is 9.49. The van der Waals surface area contributed by atoms with Crippen LogP contribution in [0.15, 0.2) is 36.7 Å². The van der Waals surface area contributed by atoms with Crippen LogP contribution in [0.2, 0.25) is 0 Å². The van der Waals surface area contributed by atoms with Crippen LogP contribution in [0.4, 0.5) is 23.5 Å². The topological polar surface area (TPSA) is 75.6 Å². The summed E-state index contributed by atoms with van der Waals surface area (Å²) in [5.41, 5.74) is -3.21. The molecule has 4 rings (SSSR count). The first-order valence-electron chi connectivity index (χ1n) is 10.8. The number of aryl methyl sites for hydroxylation is 1. The molecule has 1 saturated heterocycles. The molecule has 0 spiro atoms. The number of hydrogen-bond acceptors (Lipinski definition) is 6. The number of hydrogen-bond donors (Lipinski definition) is 0. The highest BCUT2D eigenvalue weighted by Crippen LogP contribution is 2.32. The zero-order chi connectivity index (χ0) is 24.5. The first-order valence-corrected chi connectivity index (χ1v) is 12.3. The number of nitrogens with zero attached hydrogens (tertiary/aromatic N) is 4. The second-order valence-electron chi connectivity index (χ2n) is 8.26. The van der Waals surface area contributed by atoms with Gasteiger partial charge in [-0.05, 0) is 41.7 Å². The summed E-state index contributed by atoms with van der Waals surface area (Å²) in [6, 6.07) is 4.35. The molecular weight excluding hydrogens is 476 g/mol. The molecule has 12 heteroatoms. The van der Waals surface area contributed by atoms with Gasteiger partial charge in [0, 0.05) is 44.5 Å². The molecule has 2 aliphatic rings. The van der Waals surface area contributed by atoms with Crippen LogP contribution in [0.1, 0.15) is 24.5 Å². The van der Waals surface area contributed by atoms with Crippen LogP contribution in [0.25, 0.3) is 5.57 Å². The van der Waals surface area contributed by atoms with Crippen LogP contribution in [0.3, 0.4) is 0 Å². The molecule has 0 unspecified atom stereocenters. The highest BCUT2D eigenvalue weighted by molar-refractivity contribution is 7.90. The van der Waals surface area contributed by atoms with E-state index in [4.69, 9.17) is 4.74 Å². The molecule has 2 aromatic rings. The first-order chi connectivity index (χ1) is 16.1. The van der Waals surface area contributed by atoms with Crippen molar-refractivity contribution in [3.8, 4) is 5.75 Å². The van der Waals surface area contributed by atoms with E-state index in [1.54, 1.807) is 18.5 Å². The van der Waals surface area contributed by atoms with Crippen molar-refractivity contribution in [3.05, 3.63) is 53.6 Å². The maximum Gasteiger partial charge on any atom is 0.511 e. The standard InChI is InChI=1S/C22H24F4N4O3S/c1-2-15-10-27-21(28-11-15)29-12-16(13-29)14-33-20-4-3-18(9-19(20)23)17-5-7-30(8-6-17)34(31,32)22(24,25)26/h3-5,9-11,16H,2,6-8,12-14H2,1H3. The lowest BCUT2D eigenvalue weighted by Gasteiger charge is -2.38. The number of anilines is 1. The predicted molar refractivity (Wildman–Crippen MR) is 118 cm³/mol. The SMILES string of the molecule is CCc1cnc(N2CC(COc3ccc(C4=CCN(S(=O)(=O)C(F)(F)F)CC4)cc3F)C2)nc1. The molecular formula is C22H24F4N4O3S. The fraction of sp³-hybridized carbons (Fsp3) is 0.455. The van der Waals surface area contributed by atoms with Crippen molar-refractivity contribution in [3.63, 3.8) is 0 Å². The lowest BCUT2D eigenvalue weighted by Crippen LogP contribution is -2.50. The third-order valence-corrected chi connectivity index (χ3v) is 7.52. The smallest absolute Gasteiger partial charge is 0.490 e. The minimum Gasteiger partial charge on any atom is -0.490 e. The fourth-order valence-electron chi connectivity index (χ4n) is 3.84. The largest absolute Gasteiger partial charge is 0.511 e.